The Morgan fingerprint density at radius 1 is 0.762 bits per heavy atom. The van der Waals surface area contributed by atoms with Gasteiger partial charge in [0.1, 0.15) is 0 Å². The molecule has 112 valence electrons. The van der Waals surface area contributed by atoms with Crippen LogP contribution in [0, 0.1) is 0 Å². The fraction of sp³-hybridized carbons (Fsp3) is 0.294. The van der Waals surface area contributed by atoms with E-state index in [2.05, 4.69) is 51.2 Å². The lowest BCUT2D eigenvalue weighted by molar-refractivity contribution is 1.07. The molecule has 0 saturated carbocycles. The number of nitrogens with two attached hydrogens (primary N) is 2. The van der Waals surface area contributed by atoms with E-state index in [9.17, 15) is 0 Å². The molecule has 0 aliphatic heterocycles. The number of anilines is 2. The molecule has 0 bridgehead atoms. The molecule has 2 aromatic carbocycles. The van der Waals surface area contributed by atoms with Gasteiger partial charge in [0.25, 0.3) is 0 Å². The van der Waals surface area contributed by atoms with E-state index >= 15 is 0 Å². The molecule has 4 heteroatoms. The molecule has 2 rings (SSSR count). The number of benzene rings is 2. The predicted octanol–water partition coefficient (Wildman–Crippen LogP) is 4.14. The zero-order valence-corrected chi connectivity index (χ0v) is 14.3. The maximum Gasteiger partial charge on any atom is 0.0482 e. The zero-order chi connectivity index (χ0) is 15.6. The number of hydrogen-bond donors (Lipinski definition) is 4. The van der Waals surface area contributed by atoms with Crippen molar-refractivity contribution < 1.29 is 0 Å². The SMILES string of the molecule is CCc1cc(Cc2cc(S)c(N)c(CC)c2)cc(S)c1N. The summed E-state index contributed by atoms with van der Waals surface area (Å²) in [7, 11) is 0. The number of thiol groups is 2. The highest BCUT2D eigenvalue weighted by atomic mass is 32.1. The molecule has 0 aliphatic rings. The topological polar surface area (TPSA) is 52.0 Å². The smallest absolute Gasteiger partial charge is 0.0482 e. The summed E-state index contributed by atoms with van der Waals surface area (Å²) in [5, 5.41) is 0. The Morgan fingerprint density at radius 3 is 1.48 bits per heavy atom. The number of hydrogen-bond acceptors (Lipinski definition) is 4. The second-order valence-corrected chi connectivity index (χ2v) is 6.22. The van der Waals surface area contributed by atoms with E-state index < -0.39 is 0 Å². The van der Waals surface area contributed by atoms with Gasteiger partial charge in [-0.2, -0.15) is 0 Å². The van der Waals surface area contributed by atoms with Crippen molar-refractivity contribution in [3.05, 3.63) is 46.5 Å². The van der Waals surface area contributed by atoms with Gasteiger partial charge in [-0.1, -0.05) is 26.0 Å². The third-order valence-corrected chi connectivity index (χ3v) is 4.52. The van der Waals surface area contributed by atoms with Crippen LogP contribution >= 0.6 is 25.3 Å². The van der Waals surface area contributed by atoms with Crippen LogP contribution in [0.2, 0.25) is 0 Å². The highest BCUT2D eigenvalue weighted by molar-refractivity contribution is 7.80. The Labute approximate surface area is 137 Å². The van der Waals surface area contributed by atoms with Gasteiger partial charge in [0.15, 0.2) is 0 Å². The first-order valence-electron chi connectivity index (χ1n) is 7.16. The van der Waals surface area contributed by atoms with Crippen LogP contribution in [0.3, 0.4) is 0 Å². The summed E-state index contributed by atoms with van der Waals surface area (Å²) in [6.07, 6.45) is 2.65. The second kappa shape index (κ2) is 6.67. The Kier molecular flexibility index (Phi) is 5.12. The lowest BCUT2D eigenvalue weighted by atomic mass is 9.98. The molecular weight excluding hydrogens is 296 g/mol. The highest BCUT2D eigenvalue weighted by Gasteiger charge is 2.08. The Morgan fingerprint density at radius 2 is 1.14 bits per heavy atom. The molecule has 0 fully saturated rings. The van der Waals surface area contributed by atoms with Crippen LogP contribution in [0.25, 0.3) is 0 Å². The van der Waals surface area contributed by atoms with Crippen LogP contribution in [0.1, 0.15) is 36.1 Å². The Hall–Kier alpha value is -1.26. The zero-order valence-electron chi connectivity index (χ0n) is 12.5. The Balaban J connectivity index is 2.38. The average Bonchev–Trinajstić information content (AvgIpc) is 2.46. The molecule has 0 atom stereocenters. The first-order chi connectivity index (χ1) is 9.96. The molecule has 0 unspecified atom stereocenters. The summed E-state index contributed by atoms with van der Waals surface area (Å²) in [6, 6.07) is 8.40. The summed E-state index contributed by atoms with van der Waals surface area (Å²) in [6.45, 7) is 4.21. The van der Waals surface area contributed by atoms with Gasteiger partial charge in [-0.15, -0.1) is 25.3 Å². The Bertz CT molecular complexity index is 609. The minimum atomic E-state index is 0.783. The van der Waals surface area contributed by atoms with E-state index in [0.29, 0.717) is 0 Å². The summed E-state index contributed by atoms with van der Waals surface area (Å²) in [5.74, 6) is 0. The third-order valence-electron chi connectivity index (χ3n) is 3.78. The van der Waals surface area contributed by atoms with Crippen molar-refractivity contribution in [2.45, 2.75) is 42.9 Å². The van der Waals surface area contributed by atoms with Crippen LogP contribution in [0.4, 0.5) is 11.4 Å². The lowest BCUT2D eigenvalue weighted by Crippen LogP contribution is -2.00. The van der Waals surface area contributed by atoms with Gasteiger partial charge >= 0.3 is 0 Å². The largest absolute Gasteiger partial charge is 0.398 e. The third kappa shape index (κ3) is 3.50. The maximum atomic E-state index is 6.04. The van der Waals surface area contributed by atoms with E-state index in [1.165, 1.54) is 11.1 Å². The minimum Gasteiger partial charge on any atom is -0.398 e. The van der Waals surface area contributed by atoms with Gasteiger partial charge in [0.05, 0.1) is 0 Å². The van der Waals surface area contributed by atoms with E-state index in [-0.39, 0.29) is 0 Å². The molecule has 21 heavy (non-hydrogen) atoms. The van der Waals surface area contributed by atoms with Gasteiger partial charge in [-0.3, -0.25) is 0 Å². The minimum absolute atomic E-state index is 0.783. The molecule has 2 aromatic rings. The van der Waals surface area contributed by atoms with Crippen LogP contribution < -0.4 is 11.5 Å². The van der Waals surface area contributed by atoms with Gasteiger partial charge < -0.3 is 11.5 Å². The van der Waals surface area contributed by atoms with Crippen molar-refractivity contribution in [2.24, 2.45) is 0 Å². The monoisotopic (exact) mass is 318 g/mol. The fourth-order valence-corrected chi connectivity index (χ4v) is 3.17. The van der Waals surface area contributed by atoms with Crippen molar-refractivity contribution in [1.82, 2.24) is 0 Å². The average molecular weight is 319 g/mol. The second-order valence-electron chi connectivity index (χ2n) is 5.26. The van der Waals surface area contributed by atoms with Crippen LogP contribution in [0.5, 0.6) is 0 Å². The molecule has 0 amide bonds. The van der Waals surface area contributed by atoms with Gasteiger partial charge in [0.2, 0.25) is 0 Å². The molecule has 0 heterocycles. The molecule has 0 radical (unpaired) electrons. The van der Waals surface area contributed by atoms with Crippen LogP contribution in [0.15, 0.2) is 34.1 Å². The molecule has 4 N–H and O–H groups in total. The van der Waals surface area contributed by atoms with Crippen LogP contribution in [-0.2, 0) is 19.3 Å². The van der Waals surface area contributed by atoms with Crippen molar-refractivity contribution in [1.29, 1.82) is 0 Å². The van der Waals surface area contributed by atoms with E-state index in [1.807, 2.05) is 12.1 Å². The standard InChI is InChI=1S/C17H22N2S2/c1-3-12-6-10(8-14(20)16(12)18)5-11-7-13(4-2)17(19)15(21)9-11/h6-9,20-21H,3-5,18-19H2,1-2H3. The first kappa shape index (κ1) is 16.1. The normalized spacial score (nSPS) is 10.9. The summed E-state index contributed by atoms with van der Waals surface area (Å²) in [5.41, 5.74) is 18.4. The molecule has 2 nitrogen and oxygen atoms in total. The number of nitrogen functional groups attached to an aromatic ring is 2. The van der Waals surface area contributed by atoms with Gasteiger partial charge in [-0.05, 0) is 53.6 Å². The van der Waals surface area contributed by atoms with Crippen molar-refractivity contribution in [3.8, 4) is 0 Å². The number of aryl methyl sites for hydroxylation is 2. The van der Waals surface area contributed by atoms with E-state index in [0.717, 1.165) is 51.6 Å². The lowest BCUT2D eigenvalue weighted by Gasteiger charge is -2.13. The number of rotatable bonds is 4. The van der Waals surface area contributed by atoms with Gasteiger partial charge in [-0.25, -0.2) is 0 Å². The van der Waals surface area contributed by atoms with E-state index in [4.69, 9.17) is 11.5 Å². The van der Waals surface area contributed by atoms with E-state index in [1.54, 1.807) is 0 Å². The molecule has 0 aromatic heterocycles. The summed E-state index contributed by atoms with van der Waals surface area (Å²) < 4.78 is 0. The highest BCUT2D eigenvalue weighted by Crippen LogP contribution is 2.28. The van der Waals surface area contributed by atoms with Crippen molar-refractivity contribution in [2.75, 3.05) is 11.5 Å². The molecular formula is C17H22N2S2. The quantitative estimate of drug-likeness (QED) is 0.506. The first-order valence-corrected chi connectivity index (χ1v) is 8.06. The van der Waals surface area contributed by atoms with Gasteiger partial charge in [0, 0.05) is 21.2 Å². The fourth-order valence-electron chi connectivity index (χ4n) is 2.55. The van der Waals surface area contributed by atoms with Crippen LogP contribution in [-0.4, -0.2) is 0 Å². The molecule has 0 spiro atoms. The maximum absolute atomic E-state index is 6.04. The molecule has 0 saturated heterocycles. The predicted molar refractivity (Wildman–Crippen MR) is 97.8 cm³/mol. The van der Waals surface area contributed by atoms with Crippen molar-refractivity contribution >= 4 is 36.6 Å². The molecule has 0 aliphatic carbocycles. The summed E-state index contributed by atoms with van der Waals surface area (Å²) >= 11 is 8.95. The van der Waals surface area contributed by atoms with Crippen molar-refractivity contribution in [3.63, 3.8) is 0 Å². The summed E-state index contributed by atoms with van der Waals surface area (Å²) in [4.78, 5) is 1.70.